The summed E-state index contributed by atoms with van der Waals surface area (Å²) in [7, 11) is -3.91. The van der Waals surface area contributed by atoms with Gasteiger partial charge in [-0.2, -0.15) is 4.31 Å². The molecule has 2 aromatic rings. The third-order valence-electron chi connectivity index (χ3n) is 4.08. The highest BCUT2D eigenvalue weighted by Gasteiger charge is 2.31. The minimum absolute atomic E-state index is 0.0676. The van der Waals surface area contributed by atoms with Gasteiger partial charge in [-0.3, -0.25) is 10.1 Å². The number of nitrogens with zero attached hydrogens (tertiary/aromatic N) is 2. The minimum atomic E-state index is -3.91. The molecule has 138 valence electrons. The maximum atomic E-state index is 13.0. The smallest absolute Gasteiger partial charge is 0.271 e. The highest BCUT2D eigenvalue weighted by Crippen LogP contribution is 2.34. The molecule has 1 aliphatic heterocycles. The molecule has 9 heteroatoms. The summed E-state index contributed by atoms with van der Waals surface area (Å²) in [5, 5.41) is 14.2. The van der Waals surface area contributed by atoms with Crippen molar-refractivity contribution in [2.24, 2.45) is 0 Å². The summed E-state index contributed by atoms with van der Waals surface area (Å²) in [4.78, 5) is 10.3. The normalized spacial score (nSPS) is 15.6. The SMILES string of the molecule is Cc1ccc(Oc2ccc([N+](=O)[O-])cc2S(=O)(=O)N2CCNCC2)cc1. The molecule has 0 atom stereocenters. The first kappa shape index (κ1) is 18.3. The highest BCUT2D eigenvalue weighted by atomic mass is 32.2. The average molecular weight is 377 g/mol. The third-order valence-corrected chi connectivity index (χ3v) is 6.00. The van der Waals surface area contributed by atoms with Crippen LogP contribution in [-0.2, 0) is 10.0 Å². The second-order valence-electron chi connectivity index (χ2n) is 5.96. The lowest BCUT2D eigenvalue weighted by Gasteiger charge is -2.27. The Bertz CT molecular complexity index is 906. The molecule has 3 rings (SSSR count). The summed E-state index contributed by atoms with van der Waals surface area (Å²) in [6, 6.07) is 10.7. The first-order chi connectivity index (χ1) is 12.4. The van der Waals surface area contributed by atoms with Crippen molar-refractivity contribution in [3.63, 3.8) is 0 Å². The standard InChI is InChI=1S/C17H19N3O5S/c1-13-2-5-15(6-3-13)25-16-7-4-14(20(21)22)12-17(16)26(23,24)19-10-8-18-9-11-19/h2-7,12,18H,8-11H2,1H3. The van der Waals surface area contributed by atoms with E-state index in [-0.39, 0.29) is 16.3 Å². The number of piperazine rings is 1. The van der Waals surface area contributed by atoms with E-state index in [1.807, 2.05) is 19.1 Å². The van der Waals surface area contributed by atoms with E-state index in [9.17, 15) is 18.5 Å². The number of rotatable bonds is 5. The van der Waals surface area contributed by atoms with Crippen LogP contribution in [0, 0.1) is 17.0 Å². The van der Waals surface area contributed by atoms with Crippen LogP contribution in [0.1, 0.15) is 5.56 Å². The number of sulfonamides is 1. The zero-order chi connectivity index (χ0) is 18.7. The second kappa shape index (κ2) is 7.40. The molecule has 1 saturated heterocycles. The van der Waals surface area contributed by atoms with Crippen LogP contribution in [0.2, 0.25) is 0 Å². The predicted octanol–water partition coefficient (Wildman–Crippen LogP) is 2.29. The van der Waals surface area contributed by atoms with Crippen LogP contribution in [0.4, 0.5) is 5.69 Å². The lowest BCUT2D eigenvalue weighted by molar-refractivity contribution is -0.385. The summed E-state index contributed by atoms with van der Waals surface area (Å²) in [6.45, 7) is 3.59. The maximum absolute atomic E-state index is 13.0. The van der Waals surface area contributed by atoms with Gasteiger partial charge in [-0.25, -0.2) is 8.42 Å². The van der Waals surface area contributed by atoms with Crippen molar-refractivity contribution in [1.82, 2.24) is 9.62 Å². The van der Waals surface area contributed by atoms with Crippen LogP contribution in [0.15, 0.2) is 47.4 Å². The maximum Gasteiger partial charge on any atom is 0.271 e. The molecule has 1 heterocycles. The fourth-order valence-corrected chi connectivity index (χ4v) is 4.23. The van der Waals surface area contributed by atoms with Crippen LogP contribution in [-0.4, -0.2) is 43.8 Å². The monoisotopic (exact) mass is 377 g/mol. The predicted molar refractivity (Wildman–Crippen MR) is 96.0 cm³/mol. The van der Waals surface area contributed by atoms with Gasteiger partial charge in [0.1, 0.15) is 16.4 Å². The van der Waals surface area contributed by atoms with Crippen LogP contribution in [0.3, 0.4) is 0 Å². The van der Waals surface area contributed by atoms with E-state index < -0.39 is 14.9 Å². The molecule has 1 fully saturated rings. The number of ether oxygens (including phenoxy) is 1. The molecule has 0 bridgehead atoms. The van der Waals surface area contributed by atoms with Gasteiger partial charge in [-0.05, 0) is 25.1 Å². The van der Waals surface area contributed by atoms with E-state index in [0.717, 1.165) is 11.6 Å². The summed E-state index contributed by atoms with van der Waals surface area (Å²) in [5.41, 5.74) is 0.740. The molecule has 1 aliphatic rings. The van der Waals surface area contributed by atoms with Gasteiger partial charge < -0.3 is 10.1 Å². The Morgan fingerprint density at radius 2 is 1.77 bits per heavy atom. The van der Waals surface area contributed by atoms with Crippen LogP contribution in [0.5, 0.6) is 11.5 Å². The Kier molecular flexibility index (Phi) is 5.21. The van der Waals surface area contributed by atoms with E-state index in [2.05, 4.69) is 5.32 Å². The molecule has 2 aromatic carbocycles. The first-order valence-electron chi connectivity index (χ1n) is 8.12. The molecule has 26 heavy (non-hydrogen) atoms. The number of benzene rings is 2. The van der Waals surface area contributed by atoms with Gasteiger partial charge in [-0.15, -0.1) is 0 Å². The van der Waals surface area contributed by atoms with Crippen LogP contribution >= 0.6 is 0 Å². The topological polar surface area (TPSA) is 102 Å². The van der Waals surface area contributed by atoms with Crippen molar-refractivity contribution in [2.75, 3.05) is 26.2 Å². The molecule has 0 aliphatic carbocycles. The molecule has 0 saturated carbocycles. The van der Waals surface area contributed by atoms with Crippen LogP contribution in [0.25, 0.3) is 0 Å². The Hall–Kier alpha value is -2.49. The number of nitro groups is 1. The molecule has 0 unspecified atom stereocenters. The molecular formula is C17H19N3O5S. The van der Waals surface area contributed by atoms with E-state index in [1.165, 1.54) is 16.4 Å². The number of aryl methyl sites for hydroxylation is 1. The summed E-state index contributed by atoms with van der Waals surface area (Å²) in [5.74, 6) is 0.527. The molecule has 0 spiro atoms. The number of hydrogen-bond donors (Lipinski definition) is 1. The molecule has 1 N–H and O–H groups in total. The highest BCUT2D eigenvalue weighted by molar-refractivity contribution is 7.89. The fraction of sp³-hybridized carbons (Fsp3) is 0.294. The average Bonchev–Trinajstić information content (AvgIpc) is 2.64. The first-order valence-corrected chi connectivity index (χ1v) is 9.56. The summed E-state index contributed by atoms with van der Waals surface area (Å²) < 4.78 is 33.1. The van der Waals surface area contributed by atoms with Crippen molar-refractivity contribution in [2.45, 2.75) is 11.8 Å². The second-order valence-corrected chi connectivity index (χ2v) is 7.86. The quantitative estimate of drug-likeness (QED) is 0.634. The summed E-state index contributed by atoms with van der Waals surface area (Å²) in [6.07, 6.45) is 0. The molecule has 0 amide bonds. The number of nitro benzene ring substituents is 1. The Morgan fingerprint density at radius 3 is 2.38 bits per heavy atom. The van der Waals surface area contributed by atoms with Crippen LogP contribution < -0.4 is 10.1 Å². The third kappa shape index (κ3) is 3.85. The van der Waals surface area contributed by atoms with Gasteiger partial charge in [0.25, 0.3) is 5.69 Å². The lowest BCUT2D eigenvalue weighted by Crippen LogP contribution is -2.46. The Balaban J connectivity index is 2.03. The number of hydrogen-bond acceptors (Lipinski definition) is 6. The van der Waals surface area contributed by atoms with E-state index >= 15 is 0 Å². The molecular weight excluding hydrogens is 358 g/mol. The van der Waals surface area contributed by atoms with Gasteiger partial charge in [0.05, 0.1) is 4.92 Å². The number of nitrogens with one attached hydrogen (secondary N) is 1. The lowest BCUT2D eigenvalue weighted by atomic mass is 10.2. The molecule has 0 aromatic heterocycles. The fourth-order valence-electron chi connectivity index (χ4n) is 2.65. The van der Waals surface area contributed by atoms with Crippen molar-refractivity contribution in [1.29, 1.82) is 0 Å². The van der Waals surface area contributed by atoms with E-state index in [1.54, 1.807) is 12.1 Å². The molecule has 8 nitrogen and oxygen atoms in total. The van der Waals surface area contributed by atoms with Crippen molar-refractivity contribution in [3.8, 4) is 11.5 Å². The van der Waals surface area contributed by atoms with Gasteiger partial charge in [0, 0.05) is 38.3 Å². The minimum Gasteiger partial charge on any atom is -0.456 e. The number of non-ortho nitro benzene ring substituents is 1. The zero-order valence-corrected chi connectivity index (χ0v) is 15.0. The Labute approximate surface area is 151 Å². The van der Waals surface area contributed by atoms with Gasteiger partial charge in [0.15, 0.2) is 0 Å². The van der Waals surface area contributed by atoms with Crippen molar-refractivity contribution < 1.29 is 18.1 Å². The van der Waals surface area contributed by atoms with Gasteiger partial charge in [0.2, 0.25) is 10.0 Å². The van der Waals surface area contributed by atoms with Gasteiger partial charge in [-0.1, -0.05) is 17.7 Å². The zero-order valence-electron chi connectivity index (χ0n) is 14.2. The molecule has 0 radical (unpaired) electrons. The Morgan fingerprint density at radius 1 is 1.12 bits per heavy atom. The van der Waals surface area contributed by atoms with Crippen molar-refractivity contribution in [3.05, 3.63) is 58.1 Å². The largest absolute Gasteiger partial charge is 0.456 e. The summed E-state index contributed by atoms with van der Waals surface area (Å²) >= 11 is 0. The van der Waals surface area contributed by atoms with Crippen molar-refractivity contribution >= 4 is 15.7 Å². The van der Waals surface area contributed by atoms with E-state index in [0.29, 0.717) is 31.9 Å². The van der Waals surface area contributed by atoms with Gasteiger partial charge >= 0.3 is 0 Å². The van der Waals surface area contributed by atoms with E-state index in [4.69, 9.17) is 4.74 Å².